The van der Waals surface area contributed by atoms with Gasteiger partial charge in [-0.3, -0.25) is 19.3 Å². The molecule has 0 spiro atoms. The number of anilines is 4. The highest BCUT2D eigenvalue weighted by Crippen LogP contribution is 2.33. The van der Waals surface area contributed by atoms with Crippen LogP contribution < -0.4 is 21.6 Å². The van der Waals surface area contributed by atoms with Crippen LogP contribution in [-0.2, 0) is 9.68 Å². The number of hydroxylamine groups is 2. The minimum Gasteiger partial charge on any atom is -0.354 e. The lowest BCUT2D eigenvalue weighted by molar-refractivity contribution is 0.0268. The van der Waals surface area contributed by atoms with Crippen LogP contribution in [0.1, 0.15) is 46.4 Å². The molecule has 6 rings (SSSR count). The van der Waals surface area contributed by atoms with Crippen LogP contribution in [0, 0.1) is 36.4 Å². The maximum absolute atomic E-state index is 14.3. The monoisotopic (exact) mass is 1030 g/mol. The molecule has 2 fully saturated rings. The summed E-state index contributed by atoms with van der Waals surface area (Å²) in [4.78, 5) is 34.9. The number of halogens is 7. The first-order valence-electron chi connectivity index (χ1n) is 15.0. The Balaban J connectivity index is 0.000000191. The fraction of sp³-hybridized carbons (Fsp3) is 0.235. The Hall–Kier alpha value is -2.45. The molecule has 2 aliphatic rings. The van der Waals surface area contributed by atoms with Gasteiger partial charge in [-0.25, -0.2) is 24.1 Å². The first-order chi connectivity index (χ1) is 23.5. The Morgan fingerprint density at radius 1 is 0.673 bits per heavy atom. The molecular formula is C34H29Br2F3I2N4O4. The molecule has 4 aromatic carbocycles. The van der Waals surface area contributed by atoms with Crippen LogP contribution in [0.4, 0.5) is 35.9 Å². The molecule has 0 aliphatic heterocycles. The summed E-state index contributed by atoms with van der Waals surface area (Å²) in [6, 6.07) is 17.2. The van der Waals surface area contributed by atoms with E-state index in [0.717, 1.165) is 49.1 Å². The van der Waals surface area contributed by atoms with E-state index < -0.39 is 29.3 Å². The van der Waals surface area contributed by atoms with Gasteiger partial charge in [-0.05, 0) is 181 Å². The van der Waals surface area contributed by atoms with Crippen LogP contribution in [0.25, 0.3) is 0 Å². The van der Waals surface area contributed by atoms with E-state index in [9.17, 15) is 22.8 Å². The van der Waals surface area contributed by atoms with Gasteiger partial charge in [0.1, 0.15) is 5.82 Å². The number of nitrogens with one attached hydrogen (secondary N) is 4. The molecule has 4 N–H and O–H groups in total. The first-order valence-corrected chi connectivity index (χ1v) is 18.8. The van der Waals surface area contributed by atoms with E-state index in [1.165, 1.54) is 24.3 Å². The highest BCUT2D eigenvalue weighted by Gasteiger charge is 2.24. The Bertz CT molecular complexity index is 1850. The van der Waals surface area contributed by atoms with Gasteiger partial charge in [0.2, 0.25) is 0 Å². The summed E-state index contributed by atoms with van der Waals surface area (Å²) in [5, 5.41) is 5.88. The molecule has 0 unspecified atom stereocenters. The van der Waals surface area contributed by atoms with Crippen molar-refractivity contribution in [2.24, 2.45) is 11.8 Å². The number of carbonyl (C=O) groups excluding carboxylic acids is 2. The summed E-state index contributed by atoms with van der Waals surface area (Å²) in [6.07, 6.45) is 4.43. The summed E-state index contributed by atoms with van der Waals surface area (Å²) in [6.45, 7) is 0.930. The number of amides is 2. The SMILES string of the molecule is O=C(NOCC1CC1)c1ccc(F)c(F)c1Nc1ccc(I)cc1Br.O=C(NOCC1CC1)c1ccc(F)cc1Nc1ccc(I)cc1Br. The van der Waals surface area contributed by atoms with E-state index in [2.05, 4.69) is 98.6 Å². The fourth-order valence-corrected chi connectivity index (χ4v) is 7.06. The van der Waals surface area contributed by atoms with Gasteiger partial charge in [-0.15, -0.1) is 0 Å². The Kier molecular flexibility index (Phi) is 13.6. The third kappa shape index (κ3) is 11.3. The molecule has 2 amide bonds. The zero-order valence-corrected chi connectivity index (χ0v) is 33.0. The highest BCUT2D eigenvalue weighted by molar-refractivity contribution is 14.1. The second-order valence-electron chi connectivity index (χ2n) is 11.3. The average Bonchev–Trinajstić information content (AvgIpc) is 3.99. The standard InChI is InChI=1S/C17H14BrF2IN2O2.C17H15BrFIN2O2/c18-12-7-10(21)3-6-14(12)22-16-11(4-5-13(19)15(16)20)17(24)23-25-8-9-1-2-9;18-14-8-12(20)4-6-15(14)21-16-7-11(19)3-5-13(16)17(23)22-24-9-10-1-2-10/h3-7,9,22H,1-2,8H2,(H,23,24);3-8,10,21H,1-2,9H2,(H,22,23). The van der Waals surface area contributed by atoms with E-state index in [4.69, 9.17) is 9.68 Å². The molecule has 0 atom stereocenters. The number of rotatable bonds is 12. The first kappa shape index (κ1) is 37.8. The normalized spacial score (nSPS) is 13.6. The van der Waals surface area contributed by atoms with Gasteiger partial charge >= 0.3 is 0 Å². The molecule has 2 saturated carbocycles. The van der Waals surface area contributed by atoms with E-state index in [1.54, 1.807) is 6.07 Å². The minimum atomic E-state index is -1.12. The van der Waals surface area contributed by atoms with Crippen LogP contribution in [-0.4, -0.2) is 25.0 Å². The molecule has 0 aromatic heterocycles. The lowest BCUT2D eigenvalue weighted by Gasteiger charge is -2.15. The molecule has 49 heavy (non-hydrogen) atoms. The van der Waals surface area contributed by atoms with Crippen molar-refractivity contribution in [3.63, 3.8) is 0 Å². The zero-order valence-electron chi connectivity index (χ0n) is 25.5. The molecule has 0 bridgehead atoms. The van der Waals surface area contributed by atoms with Crippen LogP contribution in [0.3, 0.4) is 0 Å². The van der Waals surface area contributed by atoms with Gasteiger partial charge in [0.15, 0.2) is 11.6 Å². The zero-order chi connectivity index (χ0) is 35.1. The summed E-state index contributed by atoms with van der Waals surface area (Å²) >= 11 is 11.2. The van der Waals surface area contributed by atoms with Crippen molar-refractivity contribution in [2.45, 2.75) is 25.7 Å². The quantitative estimate of drug-likeness (QED) is 0.0834. The van der Waals surface area contributed by atoms with Gasteiger partial charge in [0, 0.05) is 16.1 Å². The van der Waals surface area contributed by atoms with Crippen LogP contribution >= 0.6 is 77.0 Å². The van der Waals surface area contributed by atoms with Crippen molar-refractivity contribution in [2.75, 3.05) is 23.8 Å². The molecule has 0 radical (unpaired) electrons. The smallest absolute Gasteiger partial charge is 0.277 e. The van der Waals surface area contributed by atoms with Crippen LogP contribution in [0.15, 0.2) is 75.7 Å². The third-order valence-electron chi connectivity index (χ3n) is 7.32. The molecule has 4 aromatic rings. The van der Waals surface area contributed by atoms with Crippen molar-refractivity contribution in [3.05, 3.63) is 111 Å². The predicted molar refractivity (Wildman–Crippen MR) is 205 cm³/mol. The summed E-state index contributed by atoms with van der Waals surface area (Å²) < 4.78 is 45.1. The molecule has 258 valence electrons. The fourth-order valence-electron chi connectivity index (χ4n) is 4.27. The lowest BCUT2D eigenvalue weighted by atomic mass is 10.1. The van der Waals surface area contributed by atoms with E-state index in [1.807, 2.05) is 30.3 Å². The maximum atomic E-state index is 14.3. The van der Waals surface area contributed by atoms with E-state index >= 15 is 0 Å². The van der Waals surface area contributed by atoms with Crippen LogP contribution in [0.2, 0.25) is 0 Å². The number of benzene rings is 4. The van der Waals surface area contributed by atoms with E-state index in [-0.39, 0.29) is 11.3 Å². The summed E-state index contributed by atoms with van der Waals surface area (Å²) in [7, 11) is 0. The molecule has 0 heterocycles. The van der Waals surface area contributed by atoms with Crippen molar-refractivity contribution in [1.29, 1.82) is 0 Å². The highest BCUT2D eigenvalue weighted by atomic mass is 127. The number of hydrogen-bond donors (Lipinski definition) is 4. The Morgan fingerprint density at radius 2 is 1.18 bits per heavy atom. The minimum absolute atomic E-state index is 0.0415. The van der Waals surface area contributed by atoms with Crippen molar-refractivity contribution < 1.29 is 32.4 Å². The summed E-state index contributed by atoms with van der Waals surface area (Å²) in [5.41, 5.74) is 6.38. The number of hydrogen-bond acceptors (Lipinski definition) is 6. The lowest BCUT2D eigenvalue weighted by Crippen LogP contribution is -2.26. The molecular weight excluding hydrogens is 999 g/mol. The maximum Gasteiger partial charge on any atom is 0.277 e. The second kappa shape index (κ2) is 17.7. The van der Waals surface area contributed by atoms with E-state index in [0.29, 0.717) is 46.5 Å². The van der Waals surface area contributed by atoms with Gasteiger partial charge in [0.05, 0.1) is 47.1 Å². The Morgan fingerprint density at radius 3 is 1.71 bits per heavy atom. The summed E-state index contributed by atoms with van der Waals surface area (Å²) in [5.74, 6) is -2.62. The van der Waals surface area contributed by atoms with Crippen molar-refractivity contribution >= 4 is 112 Å². The third-order valence-corrected chi connectivity index (χ3v) is 9.97. The van der Waals surface area contributed by atoms with Crippen molar-refractivity contribution in [3.8, 4) is 0 Å². The molecule has 8 nitrogen and oxygen atoms in total. The largest absolute Gasteiger partial charge is 0.354 e. The van der Waals surface area contributed by atoms with Crippen LogP contribution in [0.5, 0.6) is 0 Å². The molecule has 15 heteroatoms. The molecule has 2 aliphatic carbocycles. The predicted octanol–water partition coefficient (Wildman–Crippen LogP) is 10.2. The second-order valence-corrected chi connectivity index (χ2v) is 15.5. The van der Waals surface area contributed by atoms with Gasteiger partial charge in [-0.1, -0.05) is 0 Å². The average molecular weight is 1030 g/mol. The van der Waals surface area contributed by atoms with Gasteiger partial charge in [-0.2, -0.15) is 0 Å². The number of carbonyl (C=O) groups is 2. The topological polar surface area (TPSA) is 101 Å². The van der Waals surface area contributed by atoms with Gasteiger partial charge < -0.3 is 10.6 Å². The Labute approximate surface area is 325 Å². The van der Waals surface area contributed by atoms with Gasteiger partial charge in [0.25, 0.3) is 11.8 Å². The van der Waals surface area contributed by atoms with Crippen molar-refractivity contribution in [1.82, 2.24) is 11.0 Å². The molecule has 0 saturated heterocycles.